The first-order chi connectivity index (χ1) is 4.57. The van der Waals surface area contributed by atoms with Crippen molar-refractivity contribution in [2.75, 3.05) is 0 Å². The van der Waals surface area contributed by atoms with Gasteiger partial charge in [-0.2, -0.15) is 0 Å². The zero-order chi connectivity index (χ0) is 7.78. The maximum Gasteiger partial charge on any atom is -0.00748 e. The lowest BCUT2D eigenvalue weighted by atomic mass is 9.66. The quantitative estimate of drug-likeness (QED) is 0.485. The molecule has 0 unspecified atom stereocenters. The van der Waals surface area contributed by atoms with Gasteiger partial charge in [0.05, 0.1) is 0 Å². The number of hydrogen-bond acceptors (Lipinski definition) is 0. The van der Waals surface area contributed by atoms with E-state index in [1.54, 1.807) is 5.57 Å². The molecule has 0 saturated heterocycles. The van der Waals surface area contributed by atoms with Crippen molar-refractivity contribution < 1.29 is 0 Å². The van der Waals surface area contributed by atoms with Crippen molar-refractivity contribution in [3.8, 4) is 0 Å². The highest BCUT2D eigenvalue weighted by Gasteiger charge is 2.32. The monoisotopic (exact) mass is 136 g/mol. The van der Waals surface area contributed by atoms with E-state index in [2.05, 4.69) is 33.4 Å². The molecule has 0 N–H and O–H groups in total. The summed E-state index contributed by atoms with van der Waals surface area (Å²) in [6.07, 6.45) is 4.55. The van der Waals surface area contributed by atoms with Crippen LogP contribution in [0, 0.1) is 5.41 Å². The third-order valence-corrected chi connectivity index (χ3v) is 2.43. The fourth-order valence-electron chi connectivity index (χ4n) is 1.42. The van der Waals surface area contributed by atoms with E-state index in [0.29, 0.717) is 5.41 Å². The molecule has 0 aromatic carbocycles. The van der Waals surface area contributed by atoms with Crippen LogP contribution in [0.1, 0.15) is 33.6 Å². The van der Waals surface area contributed by atoms with Gasteiger partial charge in [0.2, 0.25) is 0 Å². The van der Waals surface area contributed by atoms with Crippen molar-refractivity contribution in [3.63, 3.8) is 0 Å². The Kier molecular flexibility index (Phi) is 1.72. The van der Waals surface area contributed by atoms with Gasteiger partial charge >= 0.3 is 0 Å². The standard InChI is InChI=1S/C10H16/c1-5-10(4)6-9(7-10)8(2)3/h5H,1,6-7H2,2-4H3. The van der Waals surface area contributed by atoms with Crippen molar-refractivity contribution in [1.82, 2.24) is 0 Å². The average molecular weight is 136 g/mol. The molecule has 0 heterocycles. The van der Waals surface area contributed by atoms with E-state index in [4.69, 9.17) is 0 Å². The number of hydrogen-bond donors (Lipinski definition) is 0. The predicted molar refractivity (Wildman–Crippen MR) is 45.9 cm³/mol. The summed E-state index contributed by atoms with van der Waals surface area (Å²) in [5, 5.41) is 0. The van der Waals surface area contributed by atoms with Crippen LogP contribution in [-0.4, -0.2) is 0 Å². The molecular weight excluding hydrogens is 120 g/mol. The zero-order valence-electron chi connectivity index (χ0n) is 7.20. The van der Waals surface area contributed by atoms with E-state index < -0.39 is 0 Å². The highest BCUT2D eigenvalue weighted by molar-refractivity contribution is 5.25. The third-order valence-electron chi connectivity index (χ3n) is 2.43. The summed E-state index contributed by atoms with van der Waals surface area (Å²) < 4.78 is 0. The van der Waals surface area contributed by atoms with Gasteiger partial charge in [0, 0.05) is 0 Å². The van der Waals surface area contributed by atoms with Crippen molar-refractivity contribution >= 4 is 0 Å². The van der Waals surface area contributed by atoms with Gasteiger partial charge in [-0.3, -0.25) is 0 Å². The van der Waals surface area contributed by atoms with Crippen LogP contribution in [0.25, 0.3) is 0 Å². The molecule has 0 amide bonds. The second-order valence-corrected chi connectivity index (χ2v) is 3.82. The number of rotatable bonds is 1. The summed E-state index contributed by atoms with van der Waals surface area (Å²) in [5.74, 6) is 0. The molecule has 0 heteroatoms. The van der Waals surface area contributed by atoms with Gasteiger partial charge in [0.15, 0.2) is 0 Å². The summed E-state index contributed by atoms with van der Waals surface area (Å²) in [5.41, 5.74) is 3.55. The van der Waals surface area contributed by atoms with E-state index in [1.165, 1.54) is 18.4 Å². The molecule has 56 valence electrons. The summed E-state index contributed by atoms with van der Waals surface area (Å²) in [4.78, 5) is 0. The molecule has 1 fully saturated rings. The Labute approximate surface area is 63.6 Å². The first-order valence-electron chi connectivity index (χ1n) is 3.86. The summed E-state index contributed by atoms with van der Waals surface area (Å²) in [7, 11) is 0. The molecule has 10 heavy (non-hydrogen) atoms. The van der Waals surface area contributed by atoms with Crippen LogP contribution in [0.15, 0.2) is 23.8 Å². The Morgan fingerprint density at radius 1 is 1.50 bits per heavy atom. The maximum absolute atomic E-state index is 3.83. The van der Waals surface area contributed by atoms with Crippen LogP contribution >= 0.6 is 0 Å². The third kappa shape index (κ3) is 1.16. The number of allylic oxidation sites excluding steroid dienone is 3. The van der Waals surface area contributed by atoms with Gasteiger partial charge in [-0.05, 0) is 32.1 Å². The Morgan fingerprint density at radius 2 is 2.00 bits per heavy atom. The van der Waals surface area contributed by atoms with Crippen LogP contribution in [0.2, 0.25) is 0 Å². The molecule has 0 aromatic rings. The summed E-state index contributed by atoms with van der Waals surface area (Å²) in [6, 6.07) is 0. The van der Waals surface area contributed by atoms with E-state index >= 15 is 0 Å². The molecule has 0 nitrogen and oxygen atoms in total. The summed E-state index contributed by atoms with van der Waals surface area (Å²) >= 11 is 0. The Balaban J connectivity index is 2.59. The van der Waals surface area contributed by atoms with E-state index in [0.717, 1.165) is 0 Å². The van der Waals surface area contributed by atoms with Crippen molar-refractivity contribution in [1.29, 1.82) is 0 Å². The largest absolute Gasteiger partial charge is 0.103 e. The van der Waals surface area contributed by atoms with Crippen LogP contribution in [0.4, 0.5) is 0 Å². The molecule has 1 aliphatic carbocycles. The highest BCUT2D eigenvalue weighted by atomic mass is 14.4. The van der Waals surface area contributed by atoms with Gasteiger partial charge in [-0.15, -0.1) is 6.58 Å². The molecule has 0 aromatic heterocycles. The van der Waals surface area contributed by atoms with E-state index in [9.17, 15) is 0 Å². The minimum atomic E-state index is 0.423. The molecular formula is C10H16. The summed E-state index contributed by atoms with van der Waals surface area (Å²) in [6.45, 7) is 10.5. The Bertz CT molecular complexity index is 172. The zero-order valence-corrected chi connectivity index (χ0v) is 7.20. The molecule has 0 aliphatic heterocycles. The van der Waals surface area contributed by atoms with Crippen molar-refractivity contribution in [2.45, 2.75) is 33.6 Å². The smallest absolute Gasteiger partial charge is 0.00748 e. The molecule has 1 aliphatic rings. The first-order valence-corrected chi connectivity index (χ1v) is 3.86. The van der Waals surface area contributed by atoms with Crippen LogP contribution < -0.4 is 0 Å². The van der Waals surface area contributed by atoms with Crippen LogP contribution in [0.3, 0.4) is 0 Å². The molecule has 0 atom stereocenters. The SMILES string of the molecule is C=CC1(C)CC(=C(C)C)C1. The second-order valence-electron chi connectivity index (χ2n) is 3.82. The maximum atomic E-state index is 3.83. The minimum absolute atomic E-state index is 0.423. The van der Waals surface area contributed by atoms with Crippen molar-refractivity contribution in [3.05, 3.63) is 23.8 Å². The van der Waals surface area contributed by atoms with Gasteiger partial charge in [0.1, 0.15) is 0 Å². The van der Waals surface area contributed by atoms with Gasteiger partial charge in [-0.1, -0.05) is 24.1 Å². The Morgan fingerprint density at radius 3 is 2.30 bits per heavy atom. The lowest BCUT2D eigenvalue weighted by Gasteiger charge is -2.39. The fourth-order valence-corrected chi connectivity index (χ4v) is 1.42. The van der Waals surface area contributed by atoms with Gasteiger partial charge in [-0.25, -0.2) is 0 Å². The molecule has 0 spiro atoms. The molecule has 1 saturated carbocycles. The van der Waals surface area contributed by atoms with Crippen molar-refractivity contribution in [2.24, 2.45) is 5.41 Å². The Hall–Kier alpha value is -0.520. The van der Waals surface area contributed by atoms with Crippen LogP contribution in [-0.2, 0) is 0 Å². The minimum Gasteiger partial charge on any atom is -0.103 e. The van der Waals surface area contributed by atoms with E-state index in [-0.39, 0.29) is 0 Å². The first kappa shape index (κ1) is 7.59. The predicted octanol–water partition coefficient (Wildman–Crippen LogP) is 3.31. The highest BCUT2D eigenvalue weighted by Crippen LogP contribution is 2.46. The lowest BCUT2D eigenvalue weighted by molar-refractivity contribution is 0.322. The van der Waals surface area contributed by atoms with Gasteiger partial charge in [0.25, 0.3) is 0 Å². The average Bonchev–Trinajstić information content (AvgIpc) is 1.80. The fraction of sp³-hybridized carbons (Fsp3) is 0.600. The van der Waals surface area contributed by atoms with E-state index in [1.807, 2.05) is 0 Å². The topological polar surface area (TPSA) is 0 Å². The molecule has 1 rings (SSSR count). The normalized spacial score (nSPS) is 31.3. The molecule has 0 bridgehead atoms. The second kappa shape index (κ2) is 2.26. The lowest BCUT2D eigenvalue weighted by Crippen LogP contribution is -2.25. The van der Waals surface area contributed by atoms with Gasteiger partial charge < -0.3 is 0 Å². The van der Waals surface area contributed by atoms with Crippen LogP contribution in [0.5, 0.6) is 0 Å². The molecule has 0 radical (unpaired) electrons.